The molecule has 0 aliphatic rings. The van der Waals surface area contributed by atoms with E-state index in [4.69, 9.17) is 23.2 Å². The summed E-state index contributed by atoms with van der Waals surface area (Å²) in [5.74, 6) is -0.649. The van der Waals surface area contributed by atoms with Gasteiger partial charge in [0.15, 0.2) is 5.69 Å². The first kappa shape index (κ1) is 17.1. The zero-order valence-electron chi connectivity index (χ0n) is 10.8. The van der Waals surface area contributed by atoms with Crippen LogP contribution in [0.15, 0.2) is 29.2 Å². The molecule has 0 spiro atoms. The van der Waals surface area contributed by atoms with E-state index in [-0.39, 0.29) is 9.90 Å². The van der Waals surface area contributed by atoms with Crippen molar-refractivity contribution in [3.63, 3.8) is 0 Å². The summed E-state index contributed by atoms with van der Waals surface area (Å²) in [4.78, 5) is 13.6. The van der Waals surface area contributed by atoms with Crippen molar-refractivity contribution in [2.45, 2.75) is 15.5 Å². The Morgan fingerprint density at radius 2 is 1.86 bits per heavy atom. The molecule has 0 amide bonds. The van der Waals surface area contributed by atoms with E-state index >= 15 is 0 Å². The normalized spacial score (nSPS) is 12.4. The molecule has 0 unspecified atom stereocenters. The highest BCUT2D eigenvalue weighted by atomic mass is 35.5. The Labute approximate surface area is 138 Å². The molecule has 0 N–H and O–H groups in total. The van der Waals surface area contributed by atoms with Crippen LogP contribution in [0.4, 0.5) is 9.39 Å². The van der Waals surface area contributed by atoms with Gasteiger partial charge in [-0.3, -0.25) is 10.1 Å². The number of alkyl halides is 2. The van der Waals surface area contributed by atoms with Crippen LogP contribution < -0.4 is 0 Å². The molecular weight excluding hydrogens is 378 g/mol. The van der Waals surface area contributed by atoms with Crippen LogP contribution >= 0.6 is 34.5 Å². The third-order valence-corrected chi connectivity index (χ3v) is 6.88. The number of hydrogen-bond donors (Lipinski definition) is 0. The lowest BCUT2D eigenvalue weighted by Gasteiger charge is -2.17. The van der Waals surface area contributed by atoms with Gasteiger partial charge in [-0.05, 0) is 42.5 Å². The molecule has 2 rings (SSSR count). The van der Waals surface area contributed by atoms with E-state index in [0.717, 1.165) is 24.3 Å². The minimum absolute atomic E-state index is 0.238. The monoisotopic (exact) mass is 384 g/mol. The Balaban J connectivity index is 2.63. The molecule has 1 aromatic carbocycles. The second-order valence-corrected chi connectivity index (χ2v) is 9.17. The molecule has 1 aromatic heterocycles. The van der Waals surface area contributed by atoms with Crippen molar-refractivity contribution in [3.05, 3.63) is 50.9 Å². The van der Waals surface area contributed by atoms with E-state index in [0.29, 0.717) is 11.3 Å². The SMILES string of the molecule is Cc1nc(C(Cl)(Cl)S(=O)(=O)c2ccc(F)cc2)c([N+](=O)[O-])s1. The molecule has 2 aromatic rings. The second kappa shape index (κ2) is 5.73. The molecule has 0 radical (unpaired) electrons. The summed E-state index contributed by atoms with van der Waals surface area (Å²) in [7, 11) is -4.45. The van der Waals surface area contributed by atoms with Gasteiger partial charge in [-0.15, -0.1) is 0 Å². The highest BCUT2D eigenvalue weighted by Gasteiger charge is 2.50. The predicted molar refractivity (Wildman–Crippen MR) is 80.5 cm³/mol. The molecule has 0 saturated heterocycles. The summed E-state index contributed by atoms with van der Waals surface area (Å²) in [5, 5.41) is 10.7. The molecule has 0 aliphatic carbocycles. The van der Waals surface area contributed by atoms with Gasteiger partial charge in [-0.2, -0.15) is 0 Å². The highest BCUT2D eigenvalue weighted by Crippen LogP contribution is 2.47. The molecule has 0 aliphatic heterocycles. The van der Waals surface area contributed by atoms with Crippen LogP contribution in [-0.2, 0) is 13.5 Å². The van der Waals surface area contributed by atoms with Crippen molar-refractivity contribution in [3.8, 4) is 0 Å². The first-order chi connectivity index (χ1) is 10.1. The fourth-order valence-electron chi connectivity index (χ4n) is 1.62. The minimum Gasteiger partial charge on any atom is -0.257 e. The van der Waals surface area contributed by atoms with Crippen molar-refractivity contribution < 1.29 is 17.7 Å². The van der Waals surface area contributed by atoms with Crippen LogP contribution in [0.1, 0.15) is 10.7 Å². The number of hydrogen-bond acceptors (Lipinski definition) is 6. The van der Waals surface area contributed by atoms with Crippen LogP contribution in [0.3, 0.4) is 0 Å². The van der Waals surface area contributed by atoms with E-state index < -0.39 is 34.9 Å². The Morgan fingerprint density at radius 3 is 2.36 bits per heavy atom. The van der Waals surface area contributed by atoms with Crippen LogP contribution in [0.5, 0.6) is 0 Å². The maximum absolute atomic E-state index is 12.9. The minimum atomic E-state index is -4.45. The molecule has 11 heteroatoms. The van der Waals surface area contributed by atoms with Gasteiger partial charge in [0.1, 0.15) is 5.82 Å². The molecule has 0 saturated carbocycles. The molecule has 22 heavy (non-hydrogen) atoms. The van der Waals surface area contributed by atoms with E-state index in [1.54, 1.807) is 0 Å². The quantitative estimate of drug-likeness (QED) is 0.347. The van der Waals surface area contributed by atoms with E-state index in [1.807, 2.05) is 0 Å². The molecular formula is C11H7Cl2FN2O4S2. The lowest BCUT2D eigenvalue weighted by Crippen LogP contribution is -2.25. The zero-order valence-corrected chi connectivity index (χ0v) is 13.9. The smallest absolute Gasteiger partial charge is 0.257 e. The highest BCUT2D eigenvalue weighted by molar-refractivity contribution is 7.95. The molecule has 0 bridgehead atoms. The third-order valence-electron chi connectivity index (χ3n) is 2.62. The van der Waals surface area contributed by atoms with Crippen LogP contribution in [0.2, 0.25) is 0 Å². The fourth-order valence-corrected chi connectivity index (χ4v) is 4.57. The Kier molecular flexibility index (Phi) is 4.44. The van der Waals surface area contributed by atoms with Crippen molar-refractivity contribution in [1.29, 1.82) is 0 Å². The van der Waals surface area contributed by atoms with E-state index in [9.17, 15) is 22.9 Å². The van der Waals surface area contributed by atoms with Gasteiger partial charge in [0.25, 0.3) is 3.67 Å². The van der Waals surface area contributed by atoms with Crippen LogP contribution in [0, 0.1) is 22.9 Å². The number of nitro groups is 1. The van der Waals surface area contributed by atoms with Gasteiger partial charge in [0.05, 0.1) is 14.8 Å². The first-order valence-corrected chi connectivity index (χ1v) is 8.63. The fraction of sp³-hybridized carbons (Fsp3) is 0.182. The van der Waals surface area contributed by atoms with Crippen LogP contribution in [-0.4, -0.2) is 18.3 Å². The van der Waals surface area contributed by atoms with Crippen LogP contribution in [0.25, 0.3) is 0 Å². The lowest BCUT2D eigenvalue weighted by atomic mass is 10.4. The number of aryl methyl sites for hydroxylation is 1. The topological polar surface area (TPSA) is 90.2 Å². The molecule has 0 atom stereocenters. The molecule has 118 valence electrons. The number of nitrogens with zero attached hydrogens (tertiary/aromatic N) is 2. The summed E-state index contributed by atoms with van der Waals surface area (Å²) in [6.45, 7) is 1.45. The van der Waals surface area contributed by atoms with Gasteiger partial charge in [-0.1, -0.05) is 23.2 Å². The summed E-state index contributed by atoms with van der Waals surface area (Å²) < 4.78 is 35.2. The van der Waals surface area contributed by atoms with Crippen molar-refractivity contribution in [2.75, 3.05) is 0 Å². The van der Waals surface area contributed by atoms with Gasteiger partial charge >= 0.3 is 5.00 Å². The average Bonchev–Trinajstić information content (AvgIpc) is 2.82. The number of rotatable bonds is 4. The number of halogens is 3. The Bertz CT molecular complexity index is 834. The molecule has 0 fully saturated rings. The maximum atomic E-state index is 12.9. The molecule has 6 nitrogen and oxygen atoms in total. The number of thiazole rings is 1. The van der Waals surface area contributed by atoms with E-state index in [1.165, 1.54) is 6.92 Å². The van der Waals surface area contributed by atoms with Gasteiger partial charge in [0, 0.05) is 0 Å². The van der Waals surface area contributed by atoms with Crippen molar-refractivity contribution >= 4 is 49.4 Å². The van der Waals surface area contributed by atoms with Crippen molar-refractivity contribution in [2.24, 2.45) is 0 Å². The summed E-state index contributed by atoms with van der Waals surface area (Å²) >= 11 is 12.5. The number of benzene rings is 1. The number of aromatic nitrogens is 1. The van der Waals surface area contributed by atoms with Gasteiger partial charge in [-0.25, -0.2) is 17.8 Å². The Morgan fingerprint density at radius 1 is 1.32 bits per heavy atom. The second-order valence-electron chi connectivity index (χ2n) is 4.12. The third kappa shape index (κ3) is 2.81. The zero-order chi connectivity index (χ0) is 16.7. The van der Waals surface area contributed by atoms with Crippen molar-refractivity contribution in [1.82, 2.24) is 4.98 Å². The number of sulfone groups is 1. The Hall–Kier alpha value is -1.29. The predicted octanol–water partition coefficient (Wildman–Crippen LogP) is 3.56. The average molecular weight is 385 g/mol. The summed E-state index contributed by atoms with van der Waals surface area (Å²) in [6, 6.07) is 3.76. The lowest BCUT2D eigenvalue weighted by molar-refractivity contribution is -0.381. The summed E-state index contributed by atoms with van der Waals surface area (Å²) in [6.07, 6.45) is 0. The standard InChI is InChI=1S/C11H7Cl2FN2O4S2/c1-6-15-9(10(21-6)16(17)18)11(12,13)22(19,20)8-4-2-7(14)3-5-8/h2-5H,1H3. The first-order valence-electron chi connectivity index (χ1n) is 5.57. The largest absolute Gasteiger partial charge is 0.351 e. The van der Waals surface area contributed by atoms with E-state index in [2.05, 4.69) is 4.98 Å². The van der Waals surface area contributed by atoms with Gasteiger partial charge in [0.2, 0.25) is 9.84 Å². The summed E-state index contributed by atoms with van der Waals surface area (Å²) in [5.41, 5.74) is -0.576. The molecule has 1 heterocycles. The maximum Gasteiger partial charge on any atom is 0.351 e. The van der Waals surface area contributed by atoms with Gasteiger partial charge < -0.3 is 0 Å².